The van der Waals surface area contributed by atoms with Gasteiger partial charge in [-0.05, 0) is 49.0 Å². The molecule has 0 bridgehead atoms. The second-order valence-electron chi connectivity index (χ2n) is 6.39. The van der Waals surface area contributed by atoms with Gasteiger partial charge in [-0.2, -0.15) is 0 Å². The standard InChI is InChI=1S/C14H20O.C6H14/c1-9(2)6-12-7-11(5)14(15)13(8-12)10(3)4;1-3-5-6-4-2/h7-9,15H,3,6H2,1-2,4-5H3;3-6H2,1-2H3. The molecule has 0 spiro atoms. The molecule has 0 amide bonds. The van der Waals surface area contributed by atoms with Crippen LogP contribution in [0, 0.1) is 12.8 Å². The van der Waals surface area contributed by atoms with Crippen molar-refractivity contribution in [2.45, 2.75) is 73.6 Å². The molecule has 0 atom stereocenters. The van der Waals surface area contributed by atoms with E-state index in [2.05, 4.69) is 40.3 Å². The van der Waals surface area contributed by atoms with E-state index in [1.54, 1.807) is 0 Å². The van der Waals surface area contributed by atoms with Crippen molar-refractivity contribution in [1.29, 1.82) is 0 Å². The quantitative estimate of drug-likeness (QED) is 0.591. The first-order chi connectivity index (χ1) is 9.83. The van der Waals surface area contributed by atoms with Gasteiger partial charge < -0.3 is 5.11 Å². The minimum atomic E-state index is 0.370. The molecule has 1 aromatic carbocycles. The average Bonchev–Trinajstić information content (AvgIpc) is 2.40. The summed E-state index contributed by atoms with van der Waals surface area (Å²) in [4.78, 5) is 0. The Bertz CT molecular complexity index is 426. The Morgan fingerprint density at radius 2 is 1.67 bits per heavy atom. The van der Waals surface area contributed by atoms with E-state index in [1.165, 1.54) is 31.2 Å². The van der Waals surface area contributed by atoms with Crippen LogP contribution in [0.1, 0.15) is 77.0 Å². The third kappa shape index (κ3) is 7.94. The molecule has 0 fully saturated rings. The molecule has 0 saturated carbocycles. The normalized spacial score (nSPS) is 10.2. The van der Waals surface area contributed by atoms with Crippen molar-refractivity contribution in [2.24, 2.45) is 5.92 Å². The first kappa shape index (κ1) is 19.8. The number of hydrogen-bond donors (Lipinski definition) is 1. The van der Waals surface area contributed by atoms with E-state index >= 15 is 0 Å². The van der Waals surface area contributed by atoms with Crippen molar-refractivity contribution in [3.63, 3.8) is 0 Å². The maximum absolute atomic E-state index is 9.87. The highest BCUT2D eigenvalue weighted by molar-refractivity contribution is 5.69. The fourth-order valence-electron chi connectivity index (χ4n) is 2.27. The Hall–Kier alpha value is -1.24. The molecule has 0 saturated heterocycles. The van der Waals surface area contributed by atoms with Gasteiger partial charge in [-0.1, -0.05) is 66.0 Å². The summed E-state index contributed by atoms with van der Waals surface area (Å²) in [5.41, 5.74) is 4.01. The van der Waals surface area contributed by atoms with E-state index in [1.807, 2.05) is 19.9 Å². The summed E-state index contributed by atoms with van der Waals surface area (Å²) < 4.78 is 0. The fraction of sp³-hybridized carbons (Fsp3) is 0.600. The monoisotopic (exact) mass is 290 g/mol. The summed E-state index contributed by atoms with van der Waals surface area (Å²) in [5.74, 6) is 1.00. The van der Waals surface area contributed by atoms with Gasteiger partial charge in [0.05, 0.1) is 0 Å². The van der Waals surface area contributed by atoms with E-state index in [-0.39, 0.29) is 0 Å². The van der Waals surface area contributed by atoms with Gasteiger partial charge in [0.1, 0.15) is 5.75 Å². The molecule has 1 aromatic rings. The minimum Gasteiger partial charge on any atom is -0.507 e. The first-order valence-electron chi connectivity index (χ1n) is 8.31. The molecule has 1 N–H and O–H groups in total. The van der Waals surface area contributed by atoms with Crippen molar-refractivity contribution in [3.8, 4) is 5.75 Å². The number of rotatable bonds is 6. The van der Waals surface area contributed by atoms with E-state index < -0.39 is 0 Å². The Morgan fingerprint density at radius 1 is 1.14 bits per heavy atom. The predicted molar refractivity (Wildman–Crippen MR) is 95.9 cm³/mol. The first-order valence-corrected chi connectivity index (χ1v) is 8.31. The van der Waals surface area contributed by atoms with Gasteiger partial charge in [0.15, 0.2) is 0 Å². The molecule has 21 heavy (non-hydrogen) atoms. The van der Waals surface area contributed by atoms with Crippen LogP contribution in [0.2, 0.25) is 0 Å². The molecule has 0 heterocycles. The second kappa shape index (κ2) is 10.5. The maximum Gasteiger partial charge on any atom is 0.125 e. The number of allylic oxidation sites excluding steroid dienone is 1. The molecule has 0 aliphatic rings. The molecular formula is C20H34O. The van der Waals surface area contributed by atoms with Crippen molar-refractivity contribution in [3.05, 3.63) is 35.4 Å². The van der Waals surface area contributed by atoms with Gasteiger partial charge in [0.2, 0.25) is 0 Å². The lowest BCUT2D eigenvalue weighted by molar-refractivity contribution is 0.469. The number of aryl methyl sites for hydroxylation is 1. The van der Waals surface area contributed by atoms with E-state index in [0.29, 0.717) is 11.7 Å². The van der Waals surface area contributed by atoms with Gasteiger partial charge in [-0.15, -0.1) is 0 Å². The molecule has 1 rings (SSSR count). The van der Waals surface area contributed by atoms with Gasteiger partial charge in [-0.25, -0.2) is 0 Å². The highest BCUT2D eigenvalue weighted by atomic mass is 16.3. The number of benzene rings is 1. The number of unbranched alkanes of at least 4 members (excludes halogenated alkanes) is 3. The van der Waals surface area contributed by atoms with Gasteiger partial charge >= 0.3 is 0 Å². The summed E-state index contributed by atoms with van der Waals surface area (Å²) in [6.07, 6.45) is 6.58. The van der Waals surface area contributed by atoms with Crippen LogP contribution in [-0.2, 0) is 6.42 Å². The highest BCUT2D eigenvalue weighted by Gasteiger charge is 2.08. The van der Waals surface area contributed by atoms with Crippen LogP contribution in [0.4, 0.5) is 0 Å². The molecule has 0 radical (unpaired) electrons. The largest absolute Gasteiger partial charge is 0.507 e. The highest BCUT2D eigenvalue weighted by Crippen LogP contribution is 2.29. The molecule has 1 nitrogen and oxygen atoms in total. The zero-order chi connectivity index (χ0) is 16.4. The summed E-state index contributed by atoms with van der Waals surface area (Å²) in [6, 6.07) is 4.10. The Morgan fingerprint density at radius 3 is 2.05 bits per heavy atom. The van der Waals surface area contributed by atoms with Gasteiger partial charge in [0.25, 0.3) is 0 Å². The summed E-state index contributed by atoms with van der Waals surface area (Å²) in [5, 5.41) is 9.87. The zero-order valence-electron chi connectivity index (χ0n) is 14.9. The van der Waals surface area contributed by atoms with Crippen LogP contribution >= 0.6 is 0 Å². The molecular weight excluding hydrogens is 256 g/mol. The molecule has 0 aromatic heterocycles. The number of phenolic OH excluding ortho intramolecular Hbond substituents is 1. The van der Waals surface area contributed by atoms with Crippen LogP contribution in [-0.4, -0.2) is 5.11 Å². The number of hydrogen-bond acceptors (Lipinski definition) is 1. The lowest BCUT2D eigenvalue weighted by Gasteiger charge is -2.12. The Balaban J connectivity index is 0.000000567. The fourth-order valence-corrected chi connectivity index (χ4v) is 2.27. The summed E-state index contributed by atoms with van der Waals surface area (Å²) in [7, 11) is 0. The number of aromatic hydroxyl groups is 1. The zero-order valence-corrected chi connectivity index (χ0v) is 14.9. The lowest BCUT2D eigenvalue weighted by atomic mass is 9.95. The van der Waals surface area contributed by atoms with E-state index in [4.69, 9.17) is 0 Å². The van der Waals surface area contributed by atoms with Crippen LogP contribution in [0.25, 0.3) is 5.57 Å². The summed E-state index contributed by atoms with van der Waals surface area (Å²) >= 11 is 0. The van der Waals surface area contributed by atoms with Gasteiger partial charge in [0, 0.05) is 5.56 Å². The number of phenols is 1. The molecule has 0 unspecified atom stereocenters. The Labute approximate surface area is 132 Å². The smallest absolute Gasteiger partial charge is 0.125 e. The van der Waals surface area contributed by atoms with Crippen molar-refractivity contribution in [2.75, 3.05) is 0 Å². The van der Waals surface area contributed by atoms with Crippen LogP contribution in [0.3, 0.4) is 0 Å². The SMILES string of the molecule is C=C(C)c1cc(CC(C)C)cc(C)c1O.CCCCCC. The van der Waals surface area contributed by atoms with Crippen LogP contribution < -0.4 is 0 Å². The van der Waals surface area contributed by atoms with E-state index in [9.17, 15) is 5.11 Å². The van der Waals surface area contributed by atoms with Crippen molar-refractivity contribution >= 4 is 5.57 Å². The minimum absolute atomic E-state index is 0.370. The maximum atomic E-state index is 9.87. The van der Waals surface area contributed by atoms with Crippen LogP contribution in [0.15, 0.2) is 18.7 Å². The lowest BCUT2D eigenvalue weighted by Crippen LogP contribution is -1.96. The third-order valence-electron chi connectivity index (χ3n) is 3.42. The van der Waals surface area contributed by atoms with Gasteiger partial charge in [-0.3, -0.25) is 0 Å². The second-order valence-corrected chi connectivity index (χ2v) is 6.39. The molecule has 0 aliphatic heterocycles. The third-order valence-corrected chi connectivity index (χ3v) is 3.42. The topological polar surface area (TPSA) is 20.2 Å². The van der Waals surface area contributed by atoms with Crippen molar-refractivity contribution < 1.29 is 5.11 Å². The van der Waals surface area contributed by atoms with E-state index in [0.717, 1.165) is 23.1 Å². The summed E-state index contributed by atoms with van der Waals surface area (Å²) in [6.45, 7) is 16.6. The van der Waals surface area contributed by atoms with Crippen LogP contribution in [0.5, 0.6) is 5.75 Å². The molecule has 0 aliphatic carbocycles. The molecule has 1 heteroatoms. The molecule has 120 valence electrons. The Kier molecular flexibility index (Phi) is 9.86. The predicted octanol–water partition coefficient (Wildman–Crippen LogP) is 6.52. The average molecular weight is 290 g/mol. The van der Waals surface area contributed by atoms with Crippen molar-refractivity contribution in [1.82, 2.24) is 0 Å².